The quantitative estimate of drug-likeness (QED) is 0.738. The van der Waals surface area contributed by atoms with Gasteiger partial charge in [0.2, 0.25) is 0 Å². The van der Waals surface area contributed by atoms with Gasteiger partial charge in [-0.15, -0.1) is 0 Å². The first-order valence-electron chi connectivity index (χ1n) is 8.45. The van der Waals surface area contributed by atoms with Crippen molar-refractivity contribution in [3.63, 3.8) is 0 Å². The number of para-hydroxylation sites is 1. The molecular weight excluding hydrogens is 332 g/mol. The fraction of sp³-hybridized carbons (Fsp3) is 0.300. The highest BCUT2D eigenvalue weighted by Gasteiger charge is 2.13. The molecule has 138 valence electrons. The Bertz CT molecular complexity index is 742. The first-order chi connectivity index (χ1) is 12.5. The fourth-order valence-corrected chi connectivity index (χ4v) is 2.29. The predicted molar refractivity (Wildman–Crippen MR) is 101 cm³/mol. The van der Waals surface area contributed by atoms with Gasteiger partial charge in [-0.25, -0.2) is 0 Å². The van der Waals surface area contributed by atoms with Crippen LogP contribution >= 0.6 is 0 Å². The van der Waals surface area contributed by atoms with Gasteiger partial charge in [-0.05, 0) is 43.3 Å². The van der Waals surface area contributed by atoms with Crippen molar-refractivity contribution < 1.29 is 19.1 Å². The molecule has 6 heteroatoms. The number of nitrogens with one attached hydrogen (secondary N) is 1. The highest BCUT2D eigenvalue weighted by Crippen LogP contribution is 2.20. The van der Waals surface area contributed by atoms with Crippen molar-refractivity contribution in [2.24, 2.45) is 0 Å². The van der Waals surface area contributed by atoms with Gasteiger partial charge >= 0.3 is 0 Å². The van der Waals surface area contributed by atoms with Gasteiger partial charge in [-0.2, -0.15) is 0 Å². The van der Waals surface area contributed by atoms with E-state index in [1.54, 1.807) is 56.6 Å². The van der Waals surface area contributed by atoms with Crippen LogP contribution in [0.5, 0.6) is 5.75 Å². The first-order valence-corrected chi connectivity index (χ1v) is 8.45. The Morgan fingerprint density at radius 1 is 1.00 bits per heavy atom. The smallest absolute Gasteiger partial charge is 0.259 e. The van der Waals surface area contributed by atoms with Gasteiger partial charge in [-0.3, -0.25) is 9.59 Å². The molecule has 0 unspecified atom stereocenters. The van der Waals surface area contributed by atoms with Crippen LogP contribution < -0.4 is 10.1 Å². The SMILES string of the molecule is CCOCCOc1ccccc1C(=O)Nc1ccc(C(=O)N(C)C)cc1. The molecule has 1 N–H and O–H groups in total. The zero-order valence-electron chi connectivity index (χ0n) is 15.3. The molecule has 0 fully saturated rings. The van der Waals surface area contributed by atoms with Crippen molar-refractivity contribution in [3.05, 3.63) is 59.7 Å². The van der Waals surface area contributed by atoms with Gasteiger partial charge in [0.05, 0.1) is 12.2 Å². The van der Waals surface area contributed by atoms with Gasteiger partial charge < -0.3 is 19.7 Å². The van der Waals surface area contributed by atoms with Gasteiger partial charge in [0.1, 0.15) is 12.4 Å². The van der Waals surface area contributed by atoms with E-state index in [0.717, 1.165) is 0 Å². The van der Waals surface area contributed by atoms with Crippen LogP contribution in [0.25, 0.3) is 0 Å². The molecule has 0 radical (unpaired) electrons. The molecule has 0 aliphatic rings. The predicted octanol–water partition coefficient (Wildman–Crippen LogP) is 3.06. The zero-order chi connectivity index (χ0) is 18.9. The second-order valence-corrected chi connectivity index (χ2v) is 5.77. The van der Waals surface area contributed by atoms with Crippen molar-refractivity contribution >= 4 is 17.5 Å². The second kappa shape index (κ2) is 9.58. The summed E-state index contributed by atoms with van der Waals surface area (Å²) in [5.74, 6) is 0.142. The lowest BCUT2D eigenvalue weighted by molar-refractivity contribution is 0.0827. The van der Waals surface area contributed by atoms with Crippen LogP contribution in [-0.2, 0) is 4.74 Å². The largest absolute Gasteiger partial charge is 0.490 e. The summed E-state index contributed by atoms with van der Waals surface area (Å²) in [7, 11) is 3.39. The third-order valence-electron chi connectivity index (χ3n) is 3.62. The van der Waals surface area contributed by atoms with Crippen LogP contribution in [0.15, 0.2) is 48.5 Å². The minimum atomic E-state index is -0.274. The number of nitrogens with zero attached hydrogens (tertiary/aromatic N) is 1. The summed E-state index contributed by atoms with van der Waals surface area (Å²) >= 11 is 0. The maximum absolute atomic E-state index is 12.6. The third-order valence-corrected chi connectivity index (χ3v) is 3.62. The Morgan fingerprint density at radius 2 is 1.69 bits per heavy atom. The summed E-state index contributed by atoms with van der Waals surface area (Å²) in [4.78, 5) is 26.0. The lowest BCUT2D eigenvalue weighted by atomic mass is 10.1. The molecular formula is C20H24N2O4. The normalized spacial score (nSPS) is 10.3. The molecule has 0 bridgehead atoms. The number of amides is 2. The van der Waals surface area contributed by atoms with Crippen LogP contribution in [0.3, 0.4) is 0 Å². The first kappa shape index (κ1) is 19.5. The molecule has 0 aromatic heterocycles. The number of ether oxygens (including phenoxy) is 2. The zero-order valence-corrected chi connectivity index (χ0v) is 15.3. The topological polar surface area (TPSA) is 67.9 Å². The van der Waals surface area contributed by atoms with Crippen molar-refractivity contribution in [3.8, 4) is 5.75 Å². The summed E-state index contributed by atoms with van der Waals surface area (Å²) < 4.78 is 10.9. The summed E-state index contributed by atoms with van der Waals surface area (Å²) in [5.41, 5.74) is 1.61. The van der Waals surface area contributed by atoms with E-state index < -0.39 is 0 Å². The Balaban J connectivity index is 2.04. The van der Waals surface area contributed by atoms with Crippen molar-refractivity contribution in [2.75, 3.05) is 39.2 Å². The van der Waals surface area contributed by atoms with Gasteiger partial charge in [-0.1, -0.05) is 12.1 Å². The van der Waals surface area contributed by atoms with Crippen molar-refractivity contribution in [1.29, 1.82) is 0 Å². The Hall–Kier alpha value is -2.86. The highest BCUT2D eigenvalue weighted by molar-refractivity contribution is 6.06. The number of carbonyl (C=O) groups excluding carboxylic acids is 2. The van der Waals surface area contributed by atoms with Crippen molar-refractivity contribution in [2.45, 2.75) is 6.92 Å². The van der Waals surface area contributed by atoms with Crippen LogP contribution in [0.4, 0.5) is 5.69 Å². The van der Waals surface area contributed by atoms with E-state index in [-0.39, 0.29) is 11.8 Å². The molecule has 2 amide bonds. The molecule has 0 spiro atoms. The molecule has 2 aromatic carbocycles. The number of carbonyl (C=O) groups is 2. The van der Waals surface area contributed by atoms with E-state index in [1.807, 2.05) is 13.0 Å². The summed E-state index contributed by atoms with van der Waals surface area (Å²) in [6, 6.07) is 13.8. The number of anilines is 1. The van der Waals surface area contributed by atoms with E-state index in [0.29, 0.717) is 42.4 Å². The van der Waals surface area contributed by atoms with Gasteiger partial charge in [0.15, 0.2) is 0 Å². The molecule has 0 heterocycles. The van der Waals surface area contributed by atoms with Crippen molar-refractivity contribution in [1.82, 2.24) is 4.90 Å². The molecule has 0 saturated heterocycles. The Morgan fingerprint density at radius 3 is 2.35 bits per heavy atom. The van der Waals surface area contributed by atoms with E-state index in [4.69, 9.17) is 9.47 Å². The lowest BCUT2D eigenvalue weighted by Gasteiger charge is -2.13. The molecule has 2 rings (SSSR count). The molecule has 0 saturated carbocycles. The van der Waals surface area contributed by atoms with Crippen LogP contribution in [0.1, 0.15) is 27.6 Å². The number of hydrogen-bond donors (Lipinski definition) is 1. The molecule has 6 nitrogen and oxygen atoms in total. The molecule has 0 atom stereocenters. The summed E-state index contributed by atoms with van der Waals surface area (Å²) in [6.45, 7) is 3.38. The number of rotatable bonds is 8. The van der Waals surface area contributed by atoms with E-state index in [2.05, 4.69) is 5.32 Å². The summed E-state index contributed by atoms with van der Waals surface area (Å²) in [6.07, 6.45) is 0. The third kappa shape index (κ3) is 5.32. The monoisotopic (exact) mass is 356 g/mol. The maximum atomic E-state index is 12.6. The number of benzene rings is 2. The van der Waals surface area contributed by atoms with E-state index in [9.17, 15) is 9.59 Å². The lowest BCUT2D eigenvalue weighted by Crippen LogP contribution is -2.21. The number of hydrogen-bond acceptors (Lipinski definition) is 4. The Labute approximate surface area is 153 Å². The average Bonchev–Trinajstić information content (AvgIpc) is 2.65. The van der Waals surface area contributed by atoms with Crippen LogP contribution in [-0.4, -0.2) is 50.6 Å². The van der Waals surface area contributed by atoms with E-state index in [1.165, 1.54) is 4.90 Å². The molecule has 26 heavy (non-hydrogen) atoms. The van der Waals surface area contributed by atoms with Crippen LogP contribution in [0.2, 0.25) is 0 Å². The maximum Gasteiger partial charge on any atom is 0.259 e. The minimum absolute atomic E-state index is 0.0871. The molecule has 2 aromatic rings. The highest BCUT2D eigenvalue weighted by atomic mass is 16.5. The van der Waals surface area contributed by atoms with Gasteiger partial charge in [0.25, 0.3) is 11.8 Å². The van der Waals surface area contributed by atoms with E-state index >= 15 is 0 Å². The molecule has 0 aliphatic heterocycles. The standard InChI is InChI=1S/C20H24N2O4/c1-4-25-13-14-26-18-8-6-5-7-17(18)19(23)21-16-11-9-15(10-12-16)20(24)22(2)3/h5-12H,4,13-14H2,1-3H3,(H,21,23). The van der Waals surface area contributed by atoms with Crippen LogP contribution in [0, 0.1) is 0 Å². The van der Waals surface area contributed by atoms with Gasteiger partial charge in [0, 0.05) is 32.0 Å². The Kier molecular flexibility index (Phi) is 7.17. The average molecular weight is 356 g/mol. The fourth-order valence-electron chi connectivity index (χ4n) is 2.29. The molecule has 0 aliphatic carbocycles. The summed E-state index contributed by atoms with van der Waals surface area (Å²) in [5, 5.41) is 2.82. The minimum Gasteiger partial charge on any atom is -0.490 e. The second-order valence-electron chi connectivity index (χ2n) is 5.77.